The standard InChI is InChI=1S/C8H5BrF2N2O/c1-14-5-3-13-7(8(10)11)6(9)4(5)2-12/h3,8H,1H3. The highest BCUT2D eigenvalue weighted by Crippen LogP contribution is 2.32. The smallest absolute Gasteiger partial charge is 0.281 e. The number of pyridine rings is 1. The van der Waals surface area contributed by atoms with Crippen LogP contribution >= 0.6 is 15.9 Å². The molecule has 0 bridgehead atoms. The normalized spacial score (nSPS) is 10.0. The van der Waals surface area contributed by atoms with Gasteiger partial charge in [-0.3, -0.25) is 4.98 Å². The number of ether oxygens (including phenoxy) is 1. The molecule has 0 saturated carbocycles. The maximum absolute atomic E-state index is 12.3. The number of methoxy groups -OCH3 is 1. The third-order valence-corrected chi connectivity index (χ3v) is 2.35. The SMILES string of the molecule is COc1cnc(C(F)F)c(Br)c1C#N. The van der Waals surface area contributed by atoms with Gasteiger partial charge < -0.3 is 4.74 Å². The number of rotatable bonds is 2. The average molecular weight is 263 g/mol. The number of hydrogen-bond donors (Lipinski definition) is 0. The summed E-state index contributed by atoms with van der Waals surface area (Å²) in [6.07, 6.45) is -1.62. The Kier molecular flexibility index (Phi) is 3.36. The zero-order chi connectivity index (χ0) is 10.7. The van der Waals surface area contributed by atoms with Gasteiger partial charge in [-0.1, -0.05) is 0 Å². The van der Waals surface area contributed by atoms with Gasteiger partial charge in [-0.15, -0.1) is 0 Å². The lowest BCUT2D eigenvalue weighted by Gasteiger charge is -2.07. The molecule has 0 aliphatic rings. The van der Waals surface area contributed by atoms with Crippen LogP contribution in [0.3, 0.4) is 0 Å². The maximum atomic E-state index is 12.3. The van der Waals surface area contributed by atoms with Crippen molar-refractivity contribution in [3.63, 3.8) is 0 Å². The van der Waals surface area contributed by atoms with Crippen molar-refractivity contribution in [1.82, 2.24) is 4.98 Å². The molecule has 0 spiro atoms. The molecule has 0 saturated heterocycles. The number of aromatic nitrogens is 1. The Bertz CT molecular complexity index is 390. The topological polar surface area (TPSA) is 45.9 Å². The van der Waals surface area contributed by atoms with Gasteiger partial charge in [0.1, 0.15) is 17.3 Å². The zero-order valence-corrected chi connectivity index (χ0v) is 8.68. The van der Waals surface area contributed by atoms with E-state index in [1.165, 1.54) is 7.11 Å². The zero-order valence-electron chi connectivity index (χ0n) is 7.09. The average Bonchev–Trinajstić information content (AvgIpc) is 2.16. The summed E-state index contributed by atoms with van der Waals surface area (Å²) in [6, 6.07) is 1.76. The van der Waals surface area contributed by atoms with Gasteiger partial charge in [0.2, 0.25) is 0 Å². The number of nitriles is 1. The first kappa shape index (κ1) is 10.9. The Hall–Kier alpha value is -1.22. The van der Waals surface area contributed by atoms with Gasteiger partial charge in [-0.05, 0) is 15.9 Å². The van der Waals surface area contributed by atoms with E-state index in [-0.39, 0.29) is 15.8 Å². The third-order valence-electron chi connectivity index (χ3n) is 1.55. The molecule has 0 amide bonds. The van der Waals surface area contributed by atoms with Crippen molar-refractivity contribution in [2.24, 2.45) is 0 Å². The molecule has 1 aromatic rings. The minimum absolute atomic E-state index is 0.0191. The van der Waals surface area contributed by atoms with Crippen LogP contribution in [0.5, 0.6) is 5.75 Å². The van der Waals surface area contributed by atoms with Crippen LogP contribution in [0.25, 0.3) is 0 Å². The van der Waals surface area contributed by atoms with Crippen LogP contribution in [0.2, 0.25) is 0 Å². The predicted octanol–water partition coefficient (Wildman–Crippen LogP) is 2.66. The number of hydrogen-bond acceptors (Lipinski definition) is 3. The first-order chi connectivity index (χ1) is 6.61. The van der Waals surface area contributed by atoms with Crippen LogP contribution in [0, 0.1) is 11.3 Å². The molecule has 0 fully saturated rings. The molecule has 74 valence electrons. The molecule has 0 aromatic carbocycles. The van der Waals surface area contributed by atoms with Crippen LogP contribution in [0.1, 0.15) is 17.7 Å². The second kappa shape index (κ2) is 4.33. The Labute approximate surface area is 87.5 Å². The Balaban J connectivity index is 3.37. The second-order valence-electron chi connectivity index (χ2n) is 2.31. The summed E-state index contributed by atoms with van der Waals surface area (Å²) in [6.45, 7) is 0. The fourth-order valence-electron chi connectivity index (χ4n) is 0.897. The minimum Gasteiger partial charge on any atom is -0.494 e. The van der Waals surface area contributed by atoms with Crippen LogP contribution in [-0.2, 0) is 0 Å². The van der Waals surface area contributed by atoms with Crippen molar-refractivity contribution in [2.75, 3.05) is 7.11 Å². The van der Waals surface area contributed by atoms with Crippen molar-refractivity contribution >= 4 is 15.9 Å². The van der Waals surface area contributed by atoms with Gasteiger partial charge in [0.05, 0.1) is 17.8 Å². The highest BCUT2D eigenvalue weighted by molar-refractivity contribution is 9.10. The molecule has 0 unspecified atom stereocenters. The number of alkyl halides is 2. The molecular formula is C8H5BrF2N2O. The predicted molar refractivity (Wildman–Crippen MR) is 48.2 cm³/mol. The molecule has 1 aromatic heterocycles. The Morgan fingerprint density at radius 1 is 1.64 bits per heavy atom. The molecule has 1 rings (SSSR count). The Morgan fingerprint density at radius 3 is 2.71 bits per heavy atom. The summed E-state index contributed by atoms with van der Waals surface area (Å²) >= 11 is 2.89. The lowest BCUT2D eigenvalue weighted by Crippen LogP contribution is -1.97. The van der Waals surface area contributed by atoms with Gasteiger partial charge in [0, 0.05) is 0 Å². The summed E-state index contributed by atoms with van der Waals surface area (Å²) in [7, 11) is 1.34. The molecule has 1 heterocycles. The molecule has 0 aliphatic carbocycles. The van der Waals surface area contributed by atoms with Crippen molar-refractivity contribution < 1.29 is 13.5 Å². The fourth-order valence-corrected chi connectivity index (χ4v) is 1.46. The van der Waals surface area contributed by atoms with E-state index in [9.17, 15) is 8.78 Å². The summed E-state index contributed by atoms with van der Waals surface area (Å²) in [5.74, 6) is 0.170. The first-order valence-electron chi connectivity index (χ1n) is 3.52. The van der Waals surface area contributed by atoms with E-state index in [1.807, 2.05) is 0 Å². The third kappa shape index (κ3) is 1.82. The molecule has 0 aliphatic heterocycles. The quantitative estimate of drug-likeness (QED) is 0.823. The van der Waals surface area contributed by atoms with Gasteiger partial charge in [0.25, 0.3) is 6.43 Å². The second-order valence-corrected chi connectivity index (χ2v) is 3.11. The molecule has 0 atom stereocenters. The van der Waals surface area contributed by atoms with E-state index >= 15 is 0 Å². The number of halogens is 3. The summed E-state index contributed by atoms with van der Waals surface area (Å²) in [5.41, 5.74) is -0.430. The lowest BCUT2D eigenvalue weighted by molar-refractivity contribution is 0.145. The van der Waals surface area contributed by atoms with Crippen molar-refractivity contribution in [3.05, 3.63) is 21.9 Å². The van der Waals surface area contributed by atoms with Crippen LogP contribution < -0.4 is 4.74 Å². The van der Waals surface area contributed by atoms with E-state index in [0.717, 1.165) is 6.20 Å². The van der Waals surface area contributed by atoms with E-state index in [1.54, 1.807) is 6.07 Å². The molecule has 14 heavy (non-hydrogen) atoms. The molecular weight excluding hydrogens is 258 g/mol. The van der Waals surface area contributed by atoms with E-state index in [0.29, 0.717) is 0 Å². The summed E-state index contributed by atoms with van der Waals surface area (Å²) < 4.78 is 29.4. The fraction of sp³-hybridized carbons (Fsp3) is 0.250. The molecule has 0 N–H and O–H groups in total. The minimum atomic E-state index is -2.72. The molecule has 3 nitrogen and oxygen atoms in total. The first-order valence-corrected chi connectivity index (χ1v) is 4.31. The largest absolute Gasteiger partial charge is 0.494 e. The van der Waals surface area contributed by atoms with Gasteiger partial charge in [0.15, 0.2) is 5.75 Å². The molecule has 6 heteroatoms. The van der Waals surface area contributed by atoms with Crippen LogP contribution in [0.4, 0.5) is 8.78 Å². The van der Waals surface area contributed by atoms with Crippen LogP contribution in [-0.4, -0.2) is 12.1 Å². The van der Waals surface area contributed by atoms with E-state index in [4.69, 9.17) is 10.00 Å². The monoisotopic (exact) mass is 262 g/mol. The van der Waals surface area contributed by atoms with Crippen molar-refractivity contribution in [3.8, 4) is 11.8 Å². The maximum Gasteiger partial charge on any atom is 0.281 e. The highest BCUT2D eigenvalue weighted by atomic mass is 79.9. The van der Waals surface area contributed by atoms with Gasteiger partial charge in [-0.25, -0.2) is 8.78 Å². The highest BCUT2D eigenvalue weighted by Gasteiger charge is 2.19. The Morgan fingerprint density at radius 2 is 2.29 bits per heavy atom. The number of nitrogens with zero attached hydrogens (tertiary/aromatic N) is 2. The van der Waals surface area contributed by atoms with Crippen molar-refractivity contribution in [2.45, 2.75) is 6.43 Å². The van der Waals surface area contributed by atoms with Gasteiger partial charge >= 0.3 is 0 Å². The van der Waals surface area contributed by atoms with E-state index < -0.39 is 12.1 Å². The van der Waals surface area contributed by atoms with Crippen molar-refractivity contribution in [1.29, 1.82) is 5.26 Å². The summed E-state index contributed by atoms with van der Waals surface area (Å²) in [5, 5.41) is 8.70. The lowest BCUT2D eigenvalue weighted by atomic mass is 10.2. The summed E-state index contributed by atoms with van der Waals surface area (Å²) in [4.78, 5) is 3.48. The van der Waals surface area contributed by atoms with Crippen LogP contribution in [0.15, 0.2) is 10.7 Å². The van der Waals surface area contributed by atoms with E-state index in [2.05, 4.69) is 20.9 Å². The molecule has 0 radical (unpaired) electrons. The van der Waals surface area contributed by atoms with Gasteiger partial charge in [-0.2, -0.15) is 5.26 Å².